The summed E-state index contributed by atoms with van der Waals surface area (Å²) in [5.74, 6) is 0. The van der Waals surface area contributed by atoms with Gasteiger partial charge >= 0.3 is 0 Å². The van der Waals surface area contributed by atoms with Crippen molar-refractivity contribution in [2.45, 2.75) is 0 Å². The lowest BCUT2D eigenvalue weighted by molar-refractivity contribution is 0.397. The van der Waals surface area contributed by atoms with Crippen LogP contribution in [0.3, 0.4) is 0 Å². The monoisotopic (exact) mass is 152 g/mol. The Kier molecular flexibility index (Phi) is 2.44. The number of amidine groups is 1. The van der Waals surface area contributed by atoms with Gasteiger partial charge in [0.2, 0.25) is 0 Å². The Morgan fingerprint density at radius 3 is 2.22 bits per heavy atom. The van der Waals surface area contributed by atoms with Crippen molar-refractivity contribution in [3.63, 3.8) is 0 Å². The Morgan fingerprint density at radius 2 is 2.11 bits per heavy atom. The van der Waals surface area contributed by atoms with E-state index in [0.29, 0.717) is 0 Å². The lowest BCUT2D eigenvalue weighted by atomic mass is 11.2. The van der Waals surface area contributed by atoms with E-state index in [9.17, 15) is 8.42 Å². The van der Waals surface area contributed by atoms with Crippen molar-refractivity contribution in [3.05, 3.63) is 0 Å². The van der Waals surface area contributed by atoms with Gasteiger partial charge < -0.3 is 10.5 Å². The third-order valence-electron chi connectivity index (χ3n) is 0.465. The summed E-state index contributed by atoms with van der Waals surface area (Å²) >= 11 is 0. The first kappa shape index (κ1) is 8.22. The van der Waals surface area contributed by atoms with Gasteiger partial charge in [-0.25, -0.2) is 8.42 Å². The van der Waals surface area contributed by atoms with Crippen LogP contribution in [-0.4, -0.2) is 27.8 Å². The summed E-state index contributed by atoms with van der Waals surface area (Å²) in [6.45, 7) is 0. The molecule has 0 aliphatic rings. The third-order valence-corrected chi connectivity index (χ3v) is 0.977. The fourth-order valence-electron chi connectivity index (χ4n) is 0.201. The van der Waals surface area contributed by atoms with E-state index in [-0.39, 0.29) is 6.02 Å². The van der Waals surface area contributed by atoms with E-state index in [1.807, 2.05) is 0 Å². The molecule has 0 saturated carbocycles. The second-order valence-corrected chi connectivity index (χ2v) is 3.02. The molecule has 0 saturated heterocycles. The van der Waals surface area contributed by atoms with Crippen molar-refractivity contribution < 1.29 is 13.2 Å². The maximum atomic E-state index is 10.3. The number of sulfonamides is 1. The third kappa shape index (κ3) is 5.09. The van der Waals surface area contributed by atoms with Crippen LogP contribution in [0.4, 0.5) is 0 Å². The molecule has 0 aliphatic carbocycles. The number of nitrogens with two attached hydrogens (primary N) is 1. The highest BCUT2D eigenvalue weighted by atomic mass is 32.2. The molecule has 0 aromatic rings. The van der Waals surface area contributed by atoms with Crippen LogP contribution in [0.25, 0.3) is 0 Å². The zero-order chi connectivity index (χ0) is 7.49. The molecule has 0 rings (SSSR count). The maximum Gasteiger partial charge on any atom is 0.297 e. The summed E-state index contributed by atoms with van der Waals surface area (Å²) in [5.41, 5.74) is 4.91. The number of nitrogens with zero attached hydrogens (tertiary/aromatic N) is 1. The molecule has 5 nitrogen and oxygen atoms in total. The van der Waals surface area contributed by atoms with Crippen molar-refractivity contribution in [1.82, 2.24) is 0 Å². The topological polar surface area (TPSA) is 81.8 Å². The molecular formula is C3H8N2O3S. The molecule has 0 aromatic carbocycles. The van der Waals surface area contributed by atoms with Gasteiger partial charge in [0.15, 0.2) is 0 Å². The Morgan fingerprint density at radius 1 is 1.67 bits per heavy atom. The predicted octanol–water partition coefficient (Wildman–Crippen LogP) is -1.09. The highest BCUT2D eigenvalue weighted by Crippen LogP contribution is 1.83. The van der Waals surface area contributed by atoms with Crippen LogP contribution < -0.4 is 5.73 Å². The molecule has 0 fully saturated rings. The Hall–Kier alpha value is -0.780. The second kappa shape index (κ2) is 2.67. The van der Waals surface area contributed by atoms with Gasteiger partial charge in [-0.2, -0.15) is 0 Å². The SMILES string of the molecule is COC(N)=NS(C)(=O)=O. The van der Waals surface area contributed by atoms with E-state index in [1.165, 1.54) is 7.11 Å². The van der Waals surface area contributed by atoms with Crippen molar-refractivity contribution in [2.75, 3.05) is 13.4 Å². The fraction of sp³-hybridized carbons (Fsp3) is 0.667. The Bertz CT molecular complexity index is 205. The van der Waals surface area contributed by atoms with Crippen molar-refractivity contribution in [2.24, 2.45) is 10.1 Å². The van der Waals surface area contributed by atoms with Crippen LogP contribution in [0.5, 0.6) is 0 Å². The van der Waals surface area contributed by atoms with Crippen LogP contribution in [0.2, 0.25) is 0 Å². The van der Waals surface area contributed by atoms with Gasteiger partial charge in [-0.1, -0.05) is 0 Å². The van der Waals surface area contributed by atoms with Crippen molar-refractivity contribution >= 4 is 16.0 Å². The molecule has 0 amide bonds. The minimum atomic E-state index is -3.40. The molecule has 0 spiro atoms. The van der Waals surface area contributed by atoms with Gasteiger partial charge in [0.05, 0.1) is 13.4 Å². The van der Waals surface area contributed by atoms with Gasteiger partial charge in [0.25, 0.3) is 16.0 Å². The van der Waals surface area contributed by atoms with Crippen LogP contribution >= 0.6 is 0 Å². The first-order chi connectivity index (χ1) is 3.95. The summed E-state index contributed by atoms with van der Waals surface area (Å²) in [6, 6.07) is -0.350. The zero-order valence-corrected chi connectivity index (χ0v) is 5.97. The fourth-order valence-corrected chi connectivity index (χ4v) is 0.602. The predicted molar refractivity (Wildman–Crippen MR) is 33.5 cm³/mol. The molecule has 0 aliphatic heterocycles. The highest BCUT2D eigenvalue weighted by Gasteiger charge is 1.97. The van der Waals surface area contributed by atoms with Gasteiger partial charge in [-0.05, 0) is 0 Å². The normalized spacial score (nSPS) is 13.3. The average Bonchev–Trinajstić information content (AvgIpc) is 1.62. The molecule has 0 unspecified atom stereocenters. The van der Waals surface area contributed by atoms with Crippen molar-refractivity contribution in [3.8, 4) is 0 Å². The lowest BCUT2D eigenvalue weighted by Crippen LogP contribution is -2.15. The number of hydrogen-bond acceptors (Lipinski definition) is 3. The standard InChI is InChI=1S/C3H8N2O3S/c1-8-3(4)5-9(2,6)7/h1-2H3,(H2,4,5). The van der Waals surface area contributed by atoms with E-state index < -0.39 is 10.0 Å². The highest BCUT2D eigenvalue weighted by molar-refractivity contribution is 7.89. The summed E-state index contributed by atoms with van der Waals surface area (Å²) in [4.78, 5) is 0. The van der Waals surface area contributed by atoms with Crippen LogP contribution in [0.1, 0.15) is 0 Å². The zero-order valence-electron chi connectivity index (χ0n) is 5.16. The summed E-state index contributed by atoms with van der Waals surface area (Å²) in [6.07, 6.45) is 0.929. The van der Waals surface area contributed by atoms with E-state index in [0.717, 1.165) is 6.26 Å². The Balaban J connectivity index is 4.32. The molecule has 54 valence electrons. The molecule has 0 heterocycles. The first-order valence-electron chi connectivity index (χ1n) is 2.05. The molecule has 0 atom stereocenters. The molecule has 0 bridgehead atoms. The minimum absolute atomic E-state index is 0.350. The average molecular weight is 152 g/mol. The molecule has 0 aromatic heterocycles. The number of ether oxygens (including phenoxy) is 1. The maximum absolute atomic E-state index is 10.3. The summed E-state index contributed by atoms with van der Waals surface area (Å²) in [5, 5.41) is 0. The molecule has 2 N–H and O–H groups in total. The van der Waals surface area contributed by atoms with Crippen LogP contribution in [-0.2, 0) is 14.8 Å². The van der Waals surface area contributed by atoms with E-state index in [4.69, 9.17) is 5.73 Å². The van der Waals surface area contributed by atoms with Gasteiger partial charge in [0.1, 0.15) is 0 Å². The smallest absolute Gasteiger partial charge is 0.297 e. The van der Waals surface area contributed by atoms with Crippen LogP contribution in [0.15, 0.2) is 4.40 Å². The second-order valence-electron chi connectivity index (χ2n) is 1.37. The molecule has 6 heteroatoms. The number of rotatable bonds is 1. The molecular weight excluding hydrogens is 144 g/mol. The largest absolute Gasteiger partial charge is 0.468 e. The van der Waals surface area contributed by atoms with Gasteiger partial charge in [-0.15, -0.1) is 4.40 Å². The molecule has 9 heavy (non-hydrogen) atoms. The lowest BCUT2D eigenvalue weighted by Gasteiger charge is -1.93. The van der Waals surface area contributed by atoms with Crippen LogP contribution in [0, 0.1) is 0 Å². The molecule has 0 radical (unpaired) electrons. The van der Waals surface area contributed by atoms with Crippen molar-refractivity contribution in [1.29, 1.82) is 0 Å². The quantitative estimate of drug-likeness (QED) is 0.382. The van der Waals surface area contributed by atoms with E-state index >= 15 is 0 Å². The number of methoxy groups -OCH3 is 1. The summed E-state index contributed by atoms with van der Waals surface area (Å²) < 4.78 is 27.8. The van der Waals surface area contributed by atoms with Gasteiger partial charge in [0, 0.05) is 0 Å². The summed E-state index contributed by atoms with van der Waals surface area (Å²) in [7, 11) is -2.16. The Labute approximate surface area is 53.6 Å². The number of hydrogen-bond donors (Lipinski definition) is 1. The minimum Gasteiger partial charge on any atom is -0.468 e. The first-order valence-corrected chi connectivity index (χ1v) is 3.90. The van der Waals surface area contributed by atoms with E-state index in [2.05, 4.69) is 9.13 Å². The van der Waals surface area contributed by atoms with E-state index in [1.54, 1.807) is 0 Å². The van der Waals surface area contributed by atoms with Gasteiger partial charge in [-0.3, -0.25) is 0 Å².